The molecule has 0 saturated heterocycles. The van der Waals surface area contributed by atoms with Gasteiger partial charge in [-0.05, 0) is 29.6 Å². The molecule has 45 heavy (non-hydrogen) atoms. The van der Waals surface area contributed by atoms with Crippen molar-refractivity contribution in [2.24, 2.45) is 16.7 Å². The van der Waals surface area contributed by atoms with E-state index in [0.29, 0.717) is 10.8 Å². The summed E-state index contributed by atoms with van der Waals surface area (Å²) in [5, 5.41) is 3.78. The number of nitrogens with one attached hydrogen (secondary N) is 1. The summed E-state index contributed by atoms with van der Waals surface area (Å²) < 4.78 is 0. The van der Waals surface area contributed by atoms with Gasteiger partial charge in [-0.15, -0.1) is 0 Å². The van der Waals surface area contributed by atoms with Gasteiger partial charge in [-0.2, -0.15) is 0 Å². The maximum Gasteiger partial charge on any atom is 0.0195 e. The van der Waals surface area contributed by atoms with Gasteiger partial charge in [0.25, 0.3) is 0 Å². The Morgan fingerprint density at radius 2 is 0.756 bits per heavy atom. The minimum absolute atomic E-state index is 0.306. The number of hydrogen-bond acceptors (Lipinski definition) is 1. The Labute approximate surface area is 287 Å². The second-order valence-electron chi connectivity index (χ2n) is 17.3. The van der Waals surface area contributed by atoms with Crippen molar-refractivity contribution in [1.29, 1.82) is 0 Å². The van der Waals surface area contributed by atoms with E-state index in [4.69, 9.17) is 0 Å². The SMILES string of the molecule is C=C(CC(CCCCCCCCCCCC)CCCCCCCCCCCCCCCCCCC)NCC(C)(C)CC(C)(C)C. The molecular weight excluding hydrogens is 542 g/mol. The Bertz CT molecular complexity index is 611. The minimum Gasteiger partial charge on any atom is -0.388 e. The lowest BCUT2D eigenvalue weighted by molar-refractivity contribution is 0.209. The fourth-order valence-electron chi connectivity index (χ4n) is 7.71. The Kier molecular flexibility index (Phi) is 30.5. The second-order valence-corrected chi connectivity index (χ2v) is 17.3. The molecule has 1 heteroatoms. The van der Waals surface area contributed by atoms with Crippen LogP contribution < -0.4 is 5.32 Å². The molecule has 0 radical (unpaired) electrons. The third kappa shape index (κ3) is 34.7. The van der Waals surface area contributed by atoms with Crippen LogP contribution in [0.3, 0.4) is 0 Å². The molecule has 0 bridgehead atoms. The van der Waals surface area contributed by atoms with Gasteiger partial charge < -0.3 is 5.32 Å². The first kappa shape index (κ1) is 44.5. The van der Waals surface area contributed by atoms with Gasteiger partial charge in [-0.1, -0.05) is 241 Å². The van der Waals surface area contributed by atoms with Crippen molar-refractivity contribution >= 4 is 0 Å². The predicted molar refractivity (Wildman–Crippen MR) is 208 cm³/mol. The van der Waals surface area contributed by atoms with E-state index in [1.165, 1.54) is 205 Å². The number of unbranched alkanes of at least 4 members (excludes halogenated alkanes) is 25. The van der Waals surface area contributed by atoms with Crippen molar-refractivity contribution in [3.8, 4) is 0 Å². The summed E-state index contributed by atoms with van der Waals surface area (Å²) >= 11 is 0. The van der Waals surface area contributed by atoms with E-state index < -0.39 is 0 Å². The molecule has 1 nitrogen and oxygen atoms in total. The summed E-state index contributed by atoms with van der Waals surface area (Å²) in [6, 6.07) is 0. The minimum atomic E-state index is 0.306. The van der Waals surface area contributed by atoms with Gasteiger partial charge in [0, 0.05) is 12.2 Å². The van der Waals surface area contributed by atoms with E-state index in [2.05, 4.69) is 60.4 Å². The summed E-state index contributed by atoms with van der Waals surface area (Å²) in [5.74, 6) is 0.820. The van der Waals surface area contributed by atoms with E-state index in [9.17, 15) is 0 Å². The molecule has 0 rings (SSSR count). The van der Waals surface area contributed by atoms with Crippen LogP contribution in [0.4, 0.5) is 0 Å². The highest BCUT2D eigenvalue weighted by atomic mass is 14.9. The van der Waals surface area contributed by atoms with Crippen LogP contribution in [0, 0.1) is 16.7 Å². The van der Waals surface area contributed by atoms with Gasteiger partial charge in [0.05, 0.1) is 0 Å². The van der Waals surface area contributed by atoms with Gasteiger partial charge in [0.15, 0.2) is 0 Å². The van der Waals surface area contributed by atoms with E-state index in [0.717, 1.165) is 12.5 Å². The highest BCUT2D eigenvalue weighted by Crippen LogP contribution is 2.33. The Hall–Kier alpha value is -0.460. The van der Waals surface area contributed by atoms with Gasteiger partial charge >= 0.3 is 0 Å². The number of allylic oxidation sites excluding steroid dienone is 1. The van der Waals surface area contributed by atoms with Gasteiger partial charge in [0.1, 0.15) is 0 Å². The average molecular weight is 632 g/mol. The largest absolute Gasteiger partial charge is 0.388 e. The van der Waals surface area contributed by atoms with Crippen LogP contribution >= 0.6 is 0 Å². The van der Waals surface area contributed by atoms with E-state index in [1.807, 2.05) is 0 Å². The zero-order valence-electron chi connectivity index (χ0n) is 32.9. The maximum atomic E-state index is 4.51. The molecule has 0 heterocycles. The van der Waals surface area contributed by atoms with Crippen LogP contribution in [0.2, 0.25) is 0 Å². The van der Waals surface area contributed by atoms with Crippen LogP contribution in [-0.2, 0) is 0 Å². The van der Waals surface area contributed by atoms with Gasteiger partial charge in [-0.25, -0.2) is 0 Å². The molecule has 1 N–H and O–H groups in total. The summed E-state index contributed by atoms with van der Waals surface area (Å²) in [4.78, 5) is 0. The first-order chi connectivity index (χ1) is 21.6. The molecule has 270 valence electrons. The predicted octanol–water partition coefficient (Wildman–Crippen LogP) is 15.9. The first-order valence-electron chi connectivity index (χ1n) is 21.0. The topological polar surface area (TPSA) is 12.0 Å². The molecule has 0 aliphatic heterocycles. The molecule has 0 spiro atoms. The lowest BCUT2D eigenvalue weighted by atomic mass is 9.76. The molecule has 0 aromatic heterocycles. The van der Waals surface area contributed by atoms with Crippen molar-refractivity contribution in [1.82, 2.24) is 5.32 Å². The zero-order chi connectivity index (χ0) is 33.5. The number of rotatable bonds is 35. The summed E-state index contributed by atoms with van der Waals surface area (Å²) in [6.07, 6.45) is 44.3. The van der Waals surface area contributed by atoms with Gasteiger partial charge in [-0.3, -0.25) is 0 Å². The smallest absolute Gasteiger partial charge is 0.0195 e. The highest BCUT2D eigenvalue weighted by molar-refractivity contribution is 4.95. The Morgan fingerprint density at radius 1 is 0.467 bits per heavy atom. The van der Waals surface area contributed by atoms with E-state index in [1.54, 1.807) is 0 Å². The van der Waals surface area contributed by atoms with Crippen molar-refractivity contribution < 1.29 is 0 Å². The van der Waals surface area contributed by atoms with Crippen molar-refractivity contribution in [3.63, 3.8) is 0 Å². The molecule has 0 aliphatic rings. The standard InChI is InChI=1S/C44H89N/c1-9-11-13-15-17-19-21-22-23-24-25-26-27-29-31-33-35-37-42(36-34-32-30-28-20-18-16-14-12-10-2)38-41(3)45-40-44(7,8)39-43(4,5)6/h42,45H,3,9-40H2,1-2,4-8H3. The monoisotopic (exact) mass is 632 g/mol. The van der Waals surface area contributed by atoms with Crippen LogP contribution in [0.25, 0.3) is 0 Å². The van der Waals surface area contributed by atoms with E-state index in [-0.39, 0.29) is 0 Å². The Morgan fingerprint density at radius 3 is 1.04 bits per heavy atom. The molecule has 1 atom stereocenters. The average Bonchev–Trinajstić information content (AvgIpc) is 2.97. The third-order valence-electron chi connectivity index (χ3n) is 10.0. The van der Waals surface area contributed by atoms with Crippen LogP contribution in [0.15, 0.2) is 12.3 Å². The van der Waals surface area contributed by atoms with Crippen molar-refractivity contribution in [3.05, 3.63) is 12.3 Å². The molecule has 0 saturated carbocycles. The lowest BCUT2D eigenvalue weighted by Crippen LogP contribution is -2.32. The molecule has 1 unspecified atom stereocenters. The maximum absolute atomic E-state index is 4.51. The first-order valence-corrected chi connectivity index (χ1v) is 21.0. The summed E-state index contributed by atoms with van der Waals surface area (Å²) in [5.41, 5.74) is 1.97. The van der Waals surface area contributed by atoms with Crippen LogP contribution in [0.1, 0.15) is 248 Å². The van der Waals surface area contributed by atoms with Crippen LogP contribution in [0.5, 0.6) is 0 Å². The molecule has 0 aromatic carbocycles. The lowest BCUT2D eigenvalue weighted by Gasteiger charge is -2.33. The summed E-state index contributed by atoms with van der Waals surface area (Å²) in [6.45, 7) is 22.1. The molecule has 0 aromatic rings. The molecule has 0 fully saturated rings. The molecule has 0 amide bonds. The van der Waals surface area contributed by atoms with Gasteiger partial charge in [0.2, 0.25) is 0 Å². The van der Waals surface area contributed by atoms with Crippen molar-refractivity contribution in [2.75, 3.05) is 6.54 Å². The van der Waals surface area contributed by atoms with E-state index >= 15 is 0 Å². The fraction of sp³-hybridized carbons (Fsp3) is 0.955. The second kappa shape index (κ2) is 30.8. The quantitative estimate of drug-likeness (QED) is 0.0686. The van der Waals surface area contributed by atoms with Crippen molar-refractivity contribution in [2.45, 2.75) is 248 Å². The zero-order valence-corrected chi connectivity index (χ0v) is 32.9. The van der Waals surface area contributed by atoms with Crippen LogP contribution in [-0.4, -0.2) is 6.54 Å². The third-order valence-corrected chi connectivity index (χ3v) is 10.0. The Balaban J connectivity index is 4.15. The summed E-state index contributed by atoms with van der Waals surface area (Å²) in [7, 11) is 0. The molecule has 0 aliphatic carbocycles. The highest BCUT2D eigenvalue weighted by Gasteiger charge is 2.25. The normalized spacial score (nSPS) is 13.0. The molecular formula is C44H89N. The number of hydrogen-bond donors (Lipinski definition) is 1. The fourth-order valence-corrected chi connectivity index (χ4v) is 7.71.